The van der Waals surface area contributed by atoms with Crippen LogP contribution in [0.1, 0.15) is 27.7 Å². The van der Waals surface area contributed by atoms with Gasteiger partial charge in [-0.3, -0.25) is 0 Å². The Morgan fingerprint density at radius 2 is 1.93 bits per heavy atom. The molecular weight excluding hydrogens is 225 g/mol. The topological polar surface area (TPSA) is 72.5 Å². The monoisotopic (exact) mass is 241 g/mol. The summed E-state index contributed by atoms with van der Waals surface area (Å²) in [6, 6.07) is -0.824. The van der Waals surface area contributed by atoms with Crippen LogP contribution in [0.3, 0.4) is 0 Å². The van der Waals surface area contributed by atoms with E-state index < -0.39 is 33.7 Å². The predicted octanol–water partition coefficient (Wildman–Crippen LogP) is 1.20. The molecule has 1 atom stereocenters. The van der Waals surface area contributed by atoms with Crippen molar-refractivity contribution in [2.75, 3.05) is 5.75 Å². The van der Waals surface area contributed by atoms with E-state index in [1.165, 1.54) is 6.92 Å². The summed E-state index contributed by atoms with van der Waals surface area (Å²) >= 11 is 0. The van der Waals surface area contributed by atoms with Crippen molar-refractivity contribution in [2.45, 2.75) is 39.3 Å². The van der Waals surface area contributed by atoms with Gasteiger partial charge in [-0.05, 0) is 27.7 Å². The molecule has 0 aromatic heterocycles. The highest BCUT2D eigenvalue weighted by Crippen LogP contribution is 2.07. The number of ether oxygens (including phenoxy) is 1. The summed E-state index contributed by atoms with van der Waals surface area (Å²) in [4.78, 5) is 11.1. The highest BCUT2D eigenvalue weighted by Gasteiger charge is 2.20. The highest BCUT2D eigenvalue weighted by molar-refractivity contribution is 7.86. The van der Waals surface area contributed by atoms with Crippen molar-refractivity contribution in [3.8, 4) is 0 Å². The molecule has 0 spiro atoms. The number of halogens is 1. The first kappa shape index (κ1) is 14.2. The molecule has 0 saturated carbocycles. The second kappa shape index (κ2) is 4.78. The van der Waals surface area contributed by atoms with Crippen LogP contribution in [0.15, 0.2) is 0 Å². The highest BCUT2D eigenvalue weighted by atomic mass is 32.3. The predicted molar refractivity (Wildman–Crippen MR) is 53.7 cm³/mol. The number of hydrogen-bond acceptors (Lipinski definition) is 4. The van der Waals surface area contributed by atoms with Crippen LogP contribution in [0.25, 0.3) is 0 Å². The molecule has 0 aliphatic carbocycles. The first-order valence-electron chi connectivity index (χ1n) is 4.41. The minimum atomic E-state index is -4.58. The van der Waals surface area contributed by atoms with Gasteiger partial charge >= 0.3 is 16.3 Å². The Balaban J connectivity index is 4.09. The molecule has 1 amide bonds. The summed E-state index contributed by atoms with van der Waals surface area (Å²) in [5.74, 6) is -0.758. The SMILES string of the molecule is CC(CS(=O)(=O)F)NC(=O)OC(C)(C)C. The zero-order chi connectivity index (χ0) is 12.3. The Bertz CT molecular complexity index is 320. The summed E-state index contributed by atoms with van der Waals surface area (Å²) in [6.07, 6.45) is -0.765. The van der Waals surface area contributed by atoms with Crippen LogP contribution in [0, 0.1) is 0 Å². The number of carbonyl (C=O) groups excluding carboxylic acids is 1. The van der Waals surface area contributed by atoms with Gasteiger partial charge in [0.1, 0.15) is 5.60 Å². The molecule has 90 valence electrons. The molecule has 0 aromatic rings. The molecule has 0 radical (unpaired) electrons. The van der Waals surface area contributed by atoms with Gasteiger partial charge in [0, 0.05) is 6.04 Å². The molecule has 0 bridgehead atoms. The maximum absolute atomic E-state index is 12.2. The fraction of sp³-hybridized carbons (Fsp3) is 0.875. The van der Waals surface area contributed by atoms with Crippen molar-refractivity contribution in [1.82, 2.24) is 5.32 Å². The van der Waals surface area contributed by atoms with Crippen LogP contribution in [-0.2, 0) is 15.0 Å². The molecular formula is C8H16FNO4S. The van der Waals surface area contributed by atoms with E-state index in [-0.39, 0.29) is 0 Å². The molecule has 0 heterocycles. The number of amides is 1. The minimum absolute atomic E-state index is 0.668. The van der Waals surface area contributed by atoms with E-state index in [0.717, 1.165) is 0 Å². The quantitative estimate of drug-likeness (QED) is 0.753. The average Bonchev–Trinajstić information content (AvgIpc) is 1.73. The van der Waals surface area contributed by atoms with E-state index in [9.17, 15) is 17.1 Å². The molecule has 0 aromatic carbocycles. The van der Waals surface area contributed by atoms with Gasteiger partial charge in [-0.1, -0.05) is 0 Å². The van der Waals surface area contributed by atoms with Crippen LogP contribution in [0.4, 0.5) is 8.68 Å². The third-order valence-corrected chi connectivity index (χ3v) is 2.11. The van der Waals surface area contributed by atoms with Gasteiger partial charge in [-0.15, -0.1) is 3.89 Å². The van der Waals surface area contributed by atoms with Crippen molar-refractivity contribution in [2.24, 2.45) is 0 Å². The summed E-state index contributed by atoms with van der Waals surface area (Å²) in [6.45, 7) is 6.39. The molecule has 7 heteroatoms. The molecule has 1 N–H and O–H groups in total. The van der Waals surface area contributed by atoms with Crippen LogP contribution < -0.4 is 5.32 Å². The van der Waals surface area contributed by atoms with Crippen LogP contribution in [0.5, 0.6) is 0 Å². The fourth-order valence-electron chi connectivity index (χ4n) is 0.849. The van der Waals surface area contributed by atoms with Gasteiger partial charge in [0.25, 0.3) is 0 Å². The van der Waals surface area contributed by atoms with Crippen molar-refractivity contribution in [1.29, 1.82) is 0 Å². The van der Waals surface area contributed by atoms with Gasteiger partial charge < -0.3 is 10.1 Å². The second-order valence-electron chi connectivity index (χ2n) is 4.25. The molecule has 1 unspecified atom stereocenters. The molecule has 0 aliphatic rings. The third kappa shape index (κ3) is 9.45. The van der Waals surface area contributed by atoms with Crippen LogP contribution in [-0.4, -0.2) is 31.9 Å². The lowest BCUT2D eigenvalue weighted by Gasteiger charge is -2.21. The lowest BCUT2D eigenvalue weighted by Crippen LogP contribution is -2.40. The summed E-state index contributed by atoms with van der Waals surface area (Å²) < 4.78 is 37.6. The maximum atomic E-state index is 12.2. The van der Waals surface area contributed by atoms with Crippen molar-refractivity contribution < 1.29 is 21.8 Å². The van der Waals surface area contributed by atoms with Crippen LogP contribution >= 0.6 is 0 Å². The Hall–Kier alpha value is -0.850. The van der Waals surface area contributed by atoms with Gasteiger partial charge in [-0.25, -0.2) is 4.79 Å². The zero-order valence-electron chi connectivity index (χ0n) is 9.20. The number of hydrogen-bond donors (Lipinski definition) is 1. The Labute approximate surface area is 89.2 Å². The van der Waals surface area contributed by atoms with Gasteiger partial charge in [0.2, 0.25) is 0 Å². The first-order chi connectivity index (χ1) is 6.49. The lowest BCUT2D eigenvalue weighted by atomic mass is 10.2. The summed E-state index contributed by atoms with van der Waals surface area (Å²) in [5.41, 5.74) is -0.668. The normalized spacial score (nSPS) is 14.5. The van der Waals surface area contributed by atoms with E-state index in [1.807, 2.05) is 0 Å². The second-order valence-corrected chi connectivity index (χ2v) is 5.66. The molecule has 0 aliphatic heterocycles. The zero-order valence-corrected chi connectivity index (χ0v) is 10.0. The van der Waals surface area contributed by atoms with Crippen molar-refractivity contribution in [3.63, 3.8) is 0 Å². The van der Waals surface area contributed by atoms with E-state index in [2.05, 4.69) is 5.32 Å². The molecule has 0 fully saturated rings. The van der Waals surface area contributed by atoms with Gasteiger partial charge in [0.15, 0.2) is 0 Å². The van der Waals surface area contributed by atoms with Gasteiger partial charge in [-0.2, -0.15) is 8.42 Å². The maximum Gasteiger partial charge on any atom is 0.407 e. The van der Waals surface area contributed by atoms with E-state index in [0.29, 0.717) is 0 Å². The van der Waals surface area contributed by atoms with E-state index in [1.54, 1.807) is 20.8 Å². The number of nitrogens with one attached hydrogen (secondary N) is 1. The fourth-order valence-corrected chi connectivity index (χ4v) is 1.53. The molecule has 15 heavy (non-hydrogen) atoms. The molecule has 0 rings (SSSR count). The lowest BCUT2D eigenvalue weighted by molar-refractivity contribution is 0.0513. The summed E-state index contributed by atoms with van der Waals surface area (Å²) in [7, 11) is -4.58. The first-order valence-corrected chi connectivity index (χ1v) is 5.97. The molecule has 0 saturated heterocycles. The van der Waals surface area contributed by atoms with Gasteiger partial charge in [0.05, 0.1) is 5.75 Å². The largest absolute Gasteiger partial charge is 0.444 e. The minimum Gasteiger partial charge on any atom is -0.444 e. The number of rotatable bonds is 3. The Morgan fingerprint density at radius 1 is 1.47 bits per heavy atom. The van der Waals surface area contributed by atoms with E-state index >= 15 is 0 Å². The summed E-state index contributed by atoms with van der Waals surface area (Å²) in [5, 5.41) is 2.21. The number of carbonyl (C=O) groups is 1. The standard InChI is InChI=1S/C8H16FNO4S/c1-6(5-15(9,12)13)10-7(11)14-8(2,3)4/h6H,5H2,1-4H3,(H,10,11). The molecule has 5 nitrogen and oxygen atoms in total. The van der Waals surface area contributed by atoms with Crippen molar-refractivity contribution in [3.05, 3.63) is 0 Å². The van der Waals surface area contributed by atoms with Crippen molar-refractivity contribution >= 4 is 16.3 Å². The third-order valence-electron chi connectivity index (χ3n) is 1.21. The smallest absolute Gasteiger partial charge is 0.407 e. The Morgan fingerprint density at radius 3 is 2.27 bits per heavy atom. The number of alkyl carbamates (subject to hydrolysis) is 1. The van der Waals surface area contributed by atoms with E-state index in [4.69, 9.17) is 4.74 Å². The Kier molecular flexibility index (Phi) is 4.51. The van der Waals surface area contributed by atoms with Crippen LogP contribution in [0.2, 0.25) is 0 Å². The average molecular weight is 241 g/mol.